The molecule has 1 aromatic carbocycles. The van der Waals surface area contributed by atoms with Crippen LogP contribution in [0.25, 0.3) is 0 Å². The molecular formula is C17H29N. The van der Waals surface area contributed by atoms with Gasteiger partial charge in [-0.05, 0) is 50.1 Å². The van der Waals surface area contributed by atoms with E-state index >= 15 is 0 Å². The Morgan fingerprint density at radius 3 is 2.22 bits per heavy atom. The second kappa shape index (κ2) is 8.31. The van der Waals surface area contributed by atoms with Crippen molar-refractivity contribution in [2.45, 2.75) is 52.5 Å². The smallest absolute Gasteiger partial charge is 0.00697 e. The molecule has 1 heteroatoms. The predicted molar refractivity (Wildman–Crippen MR) is 80.8 cm³/mol. The summed E-state index contributed by atoms with van der Waals surface area (Å²) in [5, 5.41) is 3.48. The Labute approximate surface area is 113 Å². The third-order valence-corrected chi connectivity index (χ3v) is 3.59. The molecule has 0 bridgehead atoms. The van der Waals surface area contributed by atoms with Gasteiger partial charge in [0.25, 0.3) is 0 Å². The molecule has 1 N–H and O–H groups in total. The van der Waals surface area contributed by atoms with Crippen LogP contribution < -0.4 is 5.32 Å². The molecule has 0 spiro atoms. The highest BCUT2D eigenvalue weighted by Crippen LogP contribution is 2.18. The van der Waals surface area contributed by atoms with E-state index in [2.05, 4.69) is 63.5 Å². The Kier molecular flexibility index (Phi) is 7.04. The summed E-state index contributed by atoms with van der Waals surface area (Å²) in [5.41, 5.74) is 1.45. The largest absolute Gasteiger partial charge is 0.317 e. The van der Waals surface area contributed by atoms with Crippen LogP contribution in [0.2, 0.25) is 0 Å². The topological polar surface area (TPSA) is 12.0 Å². The highest BCUT2D eigenvalue weighted by molar-refractivity contribution is 5.14. The van der Waals surface area contributed by atoms with Gasteiger partial charge in [0.05, 0.1) is 0 Å². The first kappa shape index (κ1) is 15.2. The van der Waals surface area contributed by atoms with Crippen LogP contribution in [0.4, 0.5) is 0 Å². The van der Waals surface area contributed by atoms with E-state index in [1.807, 2.05) is 0 Å². The Bertz CT molecular complexity index is 305. The summed E-state index contributed by atoms with van der Waals surface area (Å²) in [7, 11) is 2.09. The molecular weight excluding hydrogens is 218 g/mol. The van der Waals surface area contributed by atoms with Gasteiger partial charge in [-0.1, -0.05) is 51.1 Å². The first-order valence-corrected chi connectivity index (χ1v) is 7.33. The average Bonchev–Trinajstić information content (AvgIpc) is 2.34. The molecule has 0 saturated carbocycles. The number of hydrogen-bond acceptors (Lipinski definition) is 1. The Balaban J connectivity index is 2.33. The van der Waals surface area contributed by atoms with Crippen LogP contribution >= 0.6 is 0 Å². The maximum Gasteiger partial charge on any atom is 0.00697 e. The lowest BCUT2D eigenvalue weighted by molar-refractivity contribution is 0.352. The lowest BCUT2D eigenvalue weighted by Gasteiger charge is -2.21. The van der Waals surface area contributed by atoms with Crippen molar-refractivity contribution in [3.63, 3.8) is 0 Å². The van der Waals surface area contributed by atoms with Crippen molar-refractivity contribution in [1.82, 2.24) is 5.32 Å². The second-order valence-corrected chi connectivity index (χ2v) is 5.98. The Morgan fingerprint density at radius 2 is 1.67 bits per heavy atom. The fraction of sp³-hybridized carbons (Fsp3) is 0.647. The molecule has 18 heavy (non-hydrogen) atoms. The van der Waals surface area contributed by atoms with Crippen molar-refractivity contribution >= 4 is 0 Å². The van der Waals surface area contributed by atoms with E-state index in [1.165, 1.54) is 31.2 Å². The highest BCUT2D eigenvalue weighted by atomic mass is 14.9. The van der Waals surface area contributed by atoms with E-state index in [4.69, 9.17) is 0 Å². The molecule has 1 aromatic rings. The number of hydrogen-bond donors (Lipinski definition) is 1. The molecule has 0 aromatic heterocycles. The molecule has 0 aliphatic heterocycles. The SMILES string of the molecule is CNC(CCc1ccccc1)CC(C)CC(C)C. The van der Waals surface area contributed by atoms with Gasteiger partial charge in [0.1, 0.15) is 0 Å². The highest BCUT2D eigenvalue weighted by Gasteiger charge is 2.12. The zero-order chi connectivity index (χ0) is 13.4. The molecule has 1 nitrogen and oxygen atoms in total. The number of nitrogens with one attached hydrogen (secondary N) is 1. The van der Waals surface area contributed by atoms with Crippen molar-refractivity contribution in [3.05, 3.63) is 35.9 Å². The Hall–Kier alpha value is -0.820. The molecule has 0 aliphatic rings. The third kappa shape index (κ3) is 6.20. The van der Waals surface area contributed by atoms with E-state index in [9.17, 15) is 0 Å². The lowest BCUT2D eigenvalue weighted by atomic mass is 9.90. The van der Waals surface area contributed by atoms with Crippen LogP contribution in [-0.4, -0.2) is 13.1 Å². The summed E-state index contributed by atoms with van der Waals surface area (Å²) in [6, 6.07) is 11.5. The first-order valence-electron chi connectivity index (χ1n) is 7.33. The molecule has 0 fully saturated rings. The average molecular weight is 247 g/mol. The molecule has 2 unspecified atom stereocenters. The standard InChI is InChI=1S/C17H29N/c1-14(2)12-15(3)13-17(18-4)11-10-16-8-6-5-7-9-16/h5-9,14-15,17-18H,10-13H2,1-4H3. The molecule has 0 heterocycles. The normalized spacial score (nSPS) is 14.7. The lowest BCUT2D eigenvalue weighted by Crippen LogP contribution is -2.28. The minimum atomic E-state index is 0.652. The molecule has 1 rings (SSSR count). The van der Waals surface area contributed by atoms with Crippen LogP contribution in [0.3, 0.4) is 0 Å². The van der Waals surface area contributed by atoms with Gasteiger partial charge in [0, 0.05) is 6.04 Å². The monoisotopic (exact) mass is 247 g/mol. The van der Waals surface area contributed by atoms with Gasteiger partial charge in [0.15, 0.2) is 0 Å². The maximum absolute atomic E-state index is 3.48. The Morgan fingerprint density at radius 1 is 1.00 bits per heavy atom. The van der Waals surface area contributed by atoms with Gasteiger partial charge >= 0.3 is 0 Å². The number of benzene rings is 1. The van der Waals surface area contributed by atoms with Gasteiger partial charge in [-0.25, -0.2) is 0 Å². The quantitative estimate of drug-likeness (QED) is 0.723. The summed E-state index contributed by atoms with van der Waals surface area (Å²) in [6.07, 6.45) is 5.05. The van der Waals surface area contributed by atoms with Crippen molar-refractivity contribution < 1.29 is 0 Å². The third-order valence-electron chi connectivity index (χ3n) is 3.59. The van der Waals surface area contributed by atoms with Crippen molar-refractivity contribution in [2.75, 3.05) is 7.05 Å². The van der Waals surface area contributed by atoms with Crippen LogP contribution in [-0.2, 0) is 6.42 Å². The minimum absolute atomic E-state index is 0.652. The van der Waals surface area contributed by atoms with Crippen molar-refractivity contribution in [1.29, 1.82) is 0 Å². The molecule has 0 saturated heterocycles. The molecule has 0 radical (unpaired) electrons. The zero-order valence-corrected chi connectivity index (χ0v) is 12.4. The molecule has 2 atom stereocenters. The maximum atomic E-state index is 3.48. The van der Waals surface area contributed by atoms with Crippen molar-refractivity contribution in [2.24, 2.45) is 11.8 Å². The van der Waals surface area contributed by atoms with Gasteiger partial charge < -0.3 is 5.32 Å². The first-order chi connectivity index (χ1) is 8.61. The fourth-order valence-electron chi connectivity index (χ4n) is 2.75. The summed E-state index contributed by atoms with van der Waals surface area (Å²) in [4.78, 5) is 0. The molecule has 0 aliphatic carbocycles. The molecule has 0 amide bonds. The van der Waals surface area contributed by atoms with E-state index in [1.54, 1.807) is 0 Å². The summed E-state index contributed by atoms with van der Waals surface area (Å²) in [5.74, 6) is 1.63. The zero-order valence-electron chi connectivity index (χ0n) is 12.4. The predicted octanol–water partition coefficient (Wildman–Crippen LogP) is 4.28. The second-order valence-electron chi connectivity index (χ2n) is 5.98. The summed E-state index contributed by atoms with van der Waals surface area (Å²) >= 11 is 0. The van der Waals surface area contributed by atoms with Crippen molar-refractivity contribution in [3.8, 4) is 0 Å². The van der Waals surface area contributed by atoms with Gasteiger partial charge in [-0.2, -0.15) is 0 Å². The van der Waals surface area contributed by atoms with Crippen LogP contribution in [0.15, 0.2) is 30.3 Å². The molecule has 102 valence electrons. The van der Waals surface area contributed by atoms with E-state index in [0.29, 0.717) is 6.04 Å². The van der Waals surface area contributed by atoms with E-state index in [-0.39, 0.29) is 0 Å². The van der Waals surface area contributed by atoms with Crippen LogP contribution in [0.1, 0.15) is 45.6 Å². The van der Waals surface area contributed by atoms with E-state index in [0.717, 1.165) is 11.8 Å². The van der Waals surface area contributed by atoms with Gasteiger partial charge in [-0.15, -0.1) is 0 Å². The van der Waals surface area contributed by atoms with Gasteiger partial charge in [0.2, 0.25) is 0 Å². The van der Waals surface area contributed by atoms with E-state index < -0.39 is 0 Å². The minimum Gasteiger partial charge on any atom is -0.317 e. The summed E-state index contributed by atoms with van der Waals surface area (Å²) < 4.78 is 0. The fourth-order valence-corrected chi connectivity index (χ4v) is 2.75. The number of aryl methyl sites for hydroxylation is 1. The van der Waals surface area contributed by atoms with Gasteiger partial charge in [-0.3, -0.25) is 0 Å². The van der Waals surface area contributed by atoms with Crippen LogP contribution in [0, 0.1) is 11.8 Å². The number of rotatable bonds is 8. The van der Waals surface area contributed by atoms with Crippen LogP contribution in [0.5, 0.6) is 0 Å². The summed E-state index contributed by atoms with van der Waals surface area (Å²) in [6.45, 7) is 7.01.